The quantitative estimate of drug-likeness (QED) is 0.814. The van der Waals surface area contributed by atoms with Gasteiger partial charge in [-0.25, -0.2) is 4.79 Å². The van der Waals surface area contributed by atoms with Gasteiger partial charge in [-0.3, -0.25) is 4.98 Å². The smallest absolute Gasteiger partial charge is 0.317 e. The van der Waals surface area contributed by atoms with Crippen molar-refractivity contribution in [1.82, 2.24) is 30.0 Å². The number of ether oxygens (including phenoxy) is 1. The van der Waals surface area contributed by atoms with E-state index in [1.165, 1.54) is 17.7 Å². The lowest BCUT2D eigenvalue weighted by atomic mass is 10.1. The number of amides is 2. The standard InChI is InChI=1S/C17H24N6O2/c1-22(11-16-21-20-12-23(16)6-7-25-2)17(24)19-10-13-8-14-4-3-5-15(14)18-9-13/h8-9,12H,3-7,10-11H2,1-2H3,(H,19,24). The fourth-order valence-corrected chi connectivity index (χ4v) is 2.95. The van der Waals surface area contributed by atoms with Gasteiger partial charge in [-0.1, -0.05) is 6.07 Å². The van der Waals surface area contributed by atoms with Crippen molar-refractivity contribution in [2.75, 3.05) is 20.8 Å². The van der Waals surface area contributed by atoms with E-state index in [1.807, 2.05) is 10.8 Å². The van der Waals surface area contributed by atoms with E-state index in [4.69, 9.17) is 4.74 Å². The molecule has 0 saturated carbocycles. The number of carbonyl (C=O) groups excluding carboxylic acids is 1. The summed E-state index contributed by atoms with van der Waals surface area (Å²) in [7, 11) is 3.39. The molecule has 2 aromatic rings. The lowest BCUT2D eigenvalue weighted by Crippen LogP contribution is -2.37. The summed E-state index contributed by atoms with van der Waals surface area (Å²) in [5, 5.41) is 10.9. The Kier molecular flexibility index (Phi) is 5.60. The number of urea groups is 1. The van der Waals surface area contributed by atoms with Crippen LogP contribution in [0.1, 0.15) is 29.1 Å². The summed E-state index contributed by atoms with van der Waals surface area (Å²) < 4.78 is 6.95. The minimum atomic E-state index is -0.151. The van der Waals surface area contributed by atoms with Crippen LogP contribution in [0.15, 0.2) is 18.6 Å². The van der Waals surface area contributed by atoms with Crippen LogP contribution in [0, 0.1) is 0 Å². The van der Waals surface area contributed by atoms with Gasteiger partial charge in [0.1, 0.15) is 6.33 Å². The van der Waals surface area contributed by atoms with Crippen molar-refractivity contribution in [2.45, 2.75) is 38.9 Å². The number of nitrogens with one attached hydrogen (secondary N) is 1. The van der Waals surface area contributed by atoms with Crippen LogP contribution in [0.5, 0.6) is 0 Å². The third kappa shape index (κ3) is 4.33. The molecule has 2 heterocycles. The van der Waals surface area contributed by atoms with Crippen molar-refractivity contribution >= 4 is 6.03 Å². The number of rotatable bonds is 7. The van der Waals surface area contributed by atoms with Gasteiger partial charge in [0, 0.05) is 39.1 Å². The first kappa shape index (κ1) is 17.3. The zero-order valence-corrected chi connectivity index (χ0v) is 14.7. The van der Waals surface area contributed by atoms with Gasteiger partial charge in [-0.15, -0.1) is 10.2 Å². The van der Waals surface area contributed by atoms with E-state index < -0.39 is 0 Å². The van der Waals surface area contributed by atoms with Crippen molar-refractivity contribution in [1.29, 1.82) is 0 Å². The Balaban J connectivity index is 1.52. The molecule has 0 bridgehead atoms. The summed E-state index contributed by atoms with van der Waals surface area (Å²) >= 11 is 0. The maximum atomic E-state index is 12.3. The minimum absolute atomic E-state index is 0.151. The molecule has 2 aromatic heterocycles. The van der Waals surface area contributed by atoms with Crippen LogP contribution in [0.4, 0.5) is 4.79 Å². The Morgan fingerprint density at radius 2 is 2.32 bits per heavy atom. The molecule has 0 saturated heterocycles. The molecule has 8 heteroatoms. The first-order valence-electron chi connectivity index (χ1n) is 8.48. The van der Waals surface area contributed by atoms with Crippen LogP contribution in [0.2, 0.25) is 0 Å². The molecule has 1 N–H and O–H groups in total. The molecular weight excluding hydrogens is 320 g/mol. The molecule has 3 rings (SSSR count). The maximum absolute atomic E-state index is 12.3. The Hall–Kier alpha value is -2.48. The van der Waals surface area contributed by atoms with Crippen LogP contribution in [0.25, 0.3) is 0 Å². The van der Waals surface area contributed by atoms with E-state index in [1.54, 1.807) is 25.4 Å². The van der Waals surface area contributed by atoms with E-state index >= 15 is 0 Å². The first-order valence-corrected chi connectivity index (χ1v) is 8.48. The Morgan fingerprint density at radius 3 is 3.16 bits per heavy atom. The van der Waals surface area contributed by atoms with Crippen LogP contribution in [-0.4, -0.2) is 51.4 Å². The molecule has 25 heavy (non-hydrogen) atoms. The van der Waals surface area contributed by atoms with Crippen molar-refractivity contribution < 1.29 is 9.53 Å². The van der Waals surface area contributed by atoms with Gasteiger partial charge in [0.2, 0.25) is 0 Å². The highest BCUT2D eigenvalue weighted by atomic mass is 16.5. The summed E-state index contributed by atoms with van der Waals surface area (Å²) in [4.78, 5) is 18.4. The number of fused-ring (bicyclic) bond motifs is 1. The number of pyridine rings is 1. The van der Waals surface area contributed by atoms with Gasteiger partial charge in [-0.05, 0) is 30.4 Å². The first-order chi connectivity index (χ1) is 12.2. The lowest BCUT2D eigenvalue weighted by molar-refractivity contribution is 0.183. The molecule has 0 unspecified atom stereocenters. The fourth-order valence-electron chi connectivity index (χ4n) is 2.95. The second-order valence-electron chi connectivity index (χ2n) is 6.25. The number of nitrogens with zero attached hydrogens (tertiary/aromatic N) is 5. The zero-order valence-electron chi connectivity index (χ0n) is 14.7. The number of aromatic nitrogens is 4. The lowest BCUT2D eigenvalue weighted by Gasteiger charge is -2.18. The monoisotopic (exact) mass is 344 g/mol. The van der Waals surface area contributed by atoms with Crippen molar-refractivity contribution in [3.05, 3.63) is 41.2 Å². The maximum Gasteiger partial charge on any atom is 0.317 e. The molecule has 2 amide bonds. The van der Waals surface area contributed by atoms with Crippen LogP contribution in [-0.2, 0) is 37.2 Å². The number of carbonyl (C=O) groups is 1. The van der Waals surface area contributed by atoms with E-state index in [2.05, 4.69) is 26.6 Å². The Bertz CT molecular complexity index is 730. The predicted octanol–water partition coefficient (Wildman–Crippen LogP) is 1.15. The summed E-state index contributed by atoms with van der Waals surface area (Å²) in [5.74, 6) is 0.730. The van der Waals surface area contributed by atoms with Crippen LogP contribution < -0.4 is 5.32 Å². The second-order valence-corrected chi connectivity index (χ2v) is 6.25. The third-order valence-electron chi connectivity index (χ3n) is 4.38. The topological polar surface area (TPSA) is 85.2 Å². The molecule has 0 fully saturated rings. The van der Waals surface area contributed by atoms with Gasteiger partial charge < -0.3 is 19.5 Å². The zero-order chi connectivity index (χ0) is 17.6. The summed E-state index contributed by atoms with van der Waals surface area (Å²) in [6, 6.07) is 2.00. The van der Waals surface area contributed by atoms with Crippen molar-refractivity contribution in [3.63, 3.8) is 0 Å². The molecular formula is C17H24N6O2. The largest absolute Gasteiger partial charge is 0.383 e. The van der Waals surface area contributed by atoms with E-state index in [0.717, 1.165) is 24.2 Å². The van der Waals surface area contributed by atoms with E-state index in [9.17, 15) is 4.79 Å². The normalized spacial score (nSPS) is 12.9. The highest BCUT2D eigenvalue weighted by Gasteiger charge is 2.15. The van der Waals surface area contributed by atoms with Crippen LogP contribution in [0.3, 0.4) is 0 Å². The second kappa shape index (κ2) is 8.06. The number of methoxy groups -OCH3 is 1. The average molecular weight is 344 g/mol. The SMILES string of the molecule is COCCn1cnnc1CN(C)C(=O)NCc1cnc2c(c1)CCC2. The summed E-state index contributed by atoms with van der Waals surface area (Å²) in [6.45, 7) is 2.10. The minimum Gasteiger partial charge on any atom is -0.383 e. The molecule has 134 valence electrons. The fraction of sp³-hybridized carbons (Fsp3) is 0.529. The number of hydrogen-bond acceptors (Lipinski definition) is 5. The highest BCUT2D eigenvalue weighted by Crippen LogP contribution is 2.20. The number of hydrogen-bond donors (Lipinski definition) is 1. The third-order valence-corrected chi connectivity index (χ3v) is 4.38. The Labute approximate surface area is 147 Å². The van der Waals surface area contributed by atoms with Crippen LogP contribution >= 0.6 is 0 Å². The highest BCUT2D eigenvalue weighted by molar-refractivity contribution is 5.73. The van der Waals surface area contributed by atoms with Gasteiger partial charge in [0.15, 0.2) is 5.82 Å². The molecule has 1 aliphatic rings. The van der Waals surface area contributed by atoms with Gasteiger partial charge >= 0.3 is 6.03 Å². The average Bonchev–Trinajstić information content (AvgIpc) is 3.26. The molecule has 0 spiro atoms. The molecule has 0 aliphatic heterocycles. The van der Waals surface area contributed by atoms with Crippen molar-refractivity contribution in [2.24, 2.45) is 0 Å². The Morgan fingerprint density at radius 1 is 1.44 bits per heavy atom. The van der Waals surface area contributed by atoms with E-state index in [0.29, 0.717) is 26.2 Å². The molecule has 8 nitrogen and oxygen atoms in total. The molecule has 0 radical (unpaired) electrons. The van der Waals surface area contributed by atoms with Gasteiger partial charge in [-0.2, -0.15) is 0 Å². The molecule has 0 atom stereocenters. The predicted molar refractivity (Wildman–Crippen MR) is 91.9 cm³/mol. The van der Waals surface area contributed by atoms with Gasteiger partial charge in [0.25, 0.3) is 0 Å². The summed E-state index contributed by atoms with van der Waals surface area (Å²) in [5.41, 5.74) is 3.54. The molecule has 0 aromatic carbocycles. The number of aryl methyl sites for hydroxylation is 2. The van der Waals surface area contributed by atoms with Gasteiger partial charge in [0.05, 0.1) is 13.2 Å². The van der Waals surface area contributed by atoms with E-state index in [-0.39, 0.29) is 6.03 Å². The molecule has 1 aliphatic carbocycles. The van der Waals surface area contributed by atoms with Crippen molar-refractivity contribution in [3.8, 4) is 0 Å². The summed E-state index contributed by atoms with van der Waals surface area (Å²) in [6.07, 6.45) is 6.82.